The van der Waals surface area contributed by atoms with E-state index < -0.39 is 11.7 Å². The Balaban J connectivity index is 1.73. The average Bonchev–Trinajstić information content (AvgIpc) is 3.12. The minimum atomic E-state index is -4.45. The third-order valence-electron chi connectivity index (χ3n) is 4.47. The van der Waals surface area contributed by atoms with Crippen molar-refractivity contribution in [2.75, 3.05) is 4.90 Å². The highest BCUT2D eigenvalue weighted by Crippen LogP contribution is 2.44. The lowest BCUT2D eigenvalue weighted by molar-refractivity contribution is -0.137. The first kappa shape index (κ1) is 13.8. The molecule has 2 aliphatic heterocycles. The number of rotatable bonds is 1. The van der Waals surface area contributed by atoms with Crippen LogP contribution in [0.5, 0.6) is 0 Å². The van der Waals surface area contributed by atoms with Crippen LogP contribution in [0.25, 0.3) is 0 Å². The number of carbonyl (C=O) groups excluding carboxylic acids is 1. The van der Waals surface area contributed by atoms with Gasteiger partial charge < -0.3 is 4.90 Å². The number of nitrogens with zero attached hydrogens (tertiary/aromatic N) is 2. The Morgan fingerprint density at radius 3 is 2.68 bits per heavy atom. The summed E-state index contributed by atoms with van der Waals surface area (Å²) in [4.78, 5) is 15.7. The van der Waals surface area contributed by atoms with Crippen molar-refractivity contribution in [3.05, 3.63) is 42.0 Å². The van der Waals surface area contributed by atoms with E-state index in [1.54, 1.807) is 0 Å². The standard InChI is InChI=1S/C15H11F3N2OS/c16-15(17,18)9-2-1-3-10(7-9)20-13(21)12-8-4-5-11(6-8)19(12)14(20)22/h1-5,7-8,11-12H,6H2/t8?,11?,12-/m0/s1. The highest BCUT2D eigenvalue weighted by atomic mass is 32.1. The van der Waals surface area contributed by atoms with Crippen molar-refractivity contribution < 1.29 is 18.0 Å². The fourth-order valence-corrected chi connectivity index (χ4v) is 3.97. The zero-order valence-corrected chi connectivity index (χ0v) is 12.1. The smallest absolute Gasteiger partial charge is 0.329 e. The third kappa shape index (κ3) is 1.75. The van der Waals surface area contributed by atoms with Gasteiger partial charge in [0.15, 0.2) is 5.11 Å². The van der Waals surface area contributed by atoms with Crippen molar-refractivity contribution in [1.29, 1.82) is 0 Å². The lowest BCUT2D eigenvalue weighted by Gasteiger charge is -2.25. The number of carbonyl (C=O) groups is 1. The van der Waals surface area contributed by atoms with Gasteiger partial charge in [0.05, 0.1) is 17.3 Å². The first-order chi connectivity index (χ1) is 10.4. The molecule has 2 unspecified atom stereocenters. The molecule has 1 aromatic rings. The summed E-state index contributed by atoms with van der Waals surface area (Å²) in [5, 5.41) is 0.297. The van der Waals surface area contributed by atoms with E-state index in [0.717, 1.165) is 18.6 Å². The molecule has 1 aromatic carbocycles. The van der Waals surface area contributed by atoms with Crippen LogP contribution in [-0.2, 0) is 11.0 Å². The van der Waals surface area contributed by atoms with Crippen LogP contribution in [0.4, 0.5) is 18.9 Å². The minimum Gasteiger partial charge on any atom is -0.329 e. The zero-order valence-electron chi connectivity index (χ0n) is 11.2. The fourth-order valence-electron chi connectivity index (χ4n) is 3.52. The molecule has 2 fully saturated rings. The number of alkyl halides is 3. The van der Waals surface area contributed by atoms with Gasteiger partial charge in [0.25, 0.3) is 5.91 Å². The Morgan fingerprint density at radius 1 is 1.23 bits per heavy atom. The van der Waals surface area contributed by atoms with Crippen LogP contribution in [0, 0.1) is 5.92 Å². The van der Waals surface area contributed by atoms with Crippen molar-refractivity contribution >= 4 is 28.9 Å². The summed E-state index contributed by atoms with van der Waals surface area (Å²) in [6.07, 6.45) is 0.419. The lowest BCUT2D eigenvalue weighted by Crippen LogP contribution is -2.38. The molecule has 0 saturated carbocycles. The first-order valence-electron chi connectivity index (χ1n) is 6.90. The van der Waals surface area contributed by atoms with Gasteiger partial charge in [-0.2, -0.15) is 13.2 Å². The molecule has 2 bridgehead atoms. The lowest BCUT2D eigenvalue weighted by atomic mass is 10.0. The van der Waals surface area contributed by atoms with Gasteiger partial charge in [0.2, 0.25) is 0 Å². The van der Waals surface area contributed by atoms with Crippen LogP contribution in [-0.4, -0.2) is 28.0 Å². The van der Waals surface area contributed by atoms with E-state index in [9.17, 15) is 18.0 Å². The molecule has 0 aromatic heterocycles. The SMILES string of the molecule is O=C1[C@@H]2C3C=CC(C3)N2C(=S)N1c1cccc(C(F)(F)F)c1. The predicted molar refractivity (Wildman–Crippen MR) is 78.2 cm³/mol. The van der Waals surface area contributed by atoms with Gasteiger partial charge >= 0.3 is 6.18 Å². The van der Waals surface area contributed by atoms with Gasteiger partial charge in [0.1, 0.15) is 6.04 Å². The maximum absolute atomic E-state index is 12.9. The maximum Gasteiger partial charge on any atom is 0.416 e. The van der Waals surface area contributed by atoms with Gasteiger partial charge in [-0.3, -0.25) is 9.69 Å². The number of hydrogen-bond acceptors (Lipinski definition) is 2. The molecule has 0 N–H and O–H groups in total. The monoisotopic (exact) mass is 324 g/mol. The number of fused-ring (bicyclic) bond motifs is 5. The molecule has 3 atom stereocenters. The van der Waals surface area contributed by atoms with Crippen molar-refractivity contribution in [2.24, 2.45) is 5.92 Å². The second-order valence-corrected chi connectivity index (χ2v) is 6.07. The Kier molecular flexibility index (Phi) is 2.70. The van der Waals surface area contributed by atoms with Gasteiger partial charge in [-0.25, -0.2) is 0 Å². The summed E-state index contributed by atoms with van der Waals surface area (Å²) >= 11 is 5.35. The third-order valence-corrected chi connectivity index (χ3v) is 4.87. The molecular weight excluding hydrogens is 313 g/mol. The van der Waals surface area contributed by atoms with E-state index in [4.69, 9.17) is 12.2 Å². The molecule has 1 amide bonds. The molecule has 114 valence electrons. The zero-order chi connectivity index (χ0) is 15.6. The van der Waals surface area contributed by atoms with E-state index in [1.807, 2.05) is 17.1 Å². The van der Waals surface area contributed by atoms with Crippen LogP contribution in [0.1, 0.15) is 12.0 Å². The normalized spacial score (nSPS) is 29.7. The van der Waals surface area contributed by atoms with E-state index in [2.05, 4.69) is 0 Å². The van der Waals surface area contributed by atoms with Crippen LogP contribution in [0.15, 0.2) is 36.4 Å². The largest absolute Gasteiger partial charge is 0.416 e. The van der Waals surface area contributed by atoms with Crippen molar-refractivity contribution in [3.63, 3.8) is 0 Å². The molecule has 22 heavy (non-hydrogen) atoms. The number of benzene rings is 1. The molecule has 3 aliphatic rings. The Labute approximate surface area is 130 Å². The van der Waals surface area contributed by atoms with Crippen LogP contribution in [0.2, 0.25) is 0 Å². The Hall–Kier alpha value is -1.89. The number of amides is 1. The summed E-state index contributed by atoms with van der Waals surface area (Å²) in [7, 11) is 0. The van der Waals surface area contributed by atoms with E-state index in [-0.39, 0.29) is 29.6 Å². The molecule has 2 heterocycles. The number of thiocarbonyl (C=S) groups is 1. The predicted octanol–water partition coefficient (Wildman–Crippen LogP) is 2.97. The van der Waals surface area contributed by atoms with Gasteiger partial charge in [-0.05, 0) is 36.8 Å². The molecule has 0 spiro atoms. The first-order valence-corrected chi connectivity index (χ1v) is 7.30. The molecule has 7 heteroatoms. The number of anilines is 1. The van der Waals surface area contributed by atoms with Crippen molar-refractivity contribution in [3.8, 4) is 0 Å². The Bertz CT molecular complexity index is 685. The van der Waals surface area contributed by atoms with Crippen LogP contribution < -0.4 is 4.90 Å². The van der Waals surface area contributed by atoms with E-state index >= 15 is 0 Å². The molecule has 2 saturated heterocycles. The summed E-state index contributed by atoms with van der Waals surface area (Å²) in [5.74, 6) is -0.132. The van der Waals surface area contributed by atoms with E-state index in [1.165, 1.54) is 17.0 Å². The average molecular weight is 324 g/mol. The van der Waals surface area contributed by atoms with Gasteiger partial charge in [0, 0.05) is 5.92 Å². The van der Waals surface area contributed by atoms with Crippen LogP contribution in [0.3, 0.4) is 0 Å². The maximum atomic E-state index is 12.9. The Morgan fingerprint density at radius 2 is 2.00 bits per heavy atom. The second-order valence-electron chi connectivity index (χ2n) is 5.71. The fraction of sp³-hybridized carbons (Fsp3) is 0.333. The highest BCUT2D eigenvalue weighted by molar-refractivity contribution is 7.80. The minimum absolute atomic E-state index is 0.0854. The molecule has 0 radical (unpaired) electrons. The summed E-state index contributed by atoms with van der Waals surface area (Å²) in [6.45, 7) is 0. The molecule has 4 rings (SSSR count). The molecule has 3 nitrogen and oxygen atoms in total. The summed E-state index contributed by atoms with van der Waals surface area (Å²) in [5.41, 5.74) is -0.604. The number of hydrogen-bond donors (Lipinski definition) is 0. The van der Waals surface area contributed by atoms with Crippen LogP contribution >= 0.6 is 12.2 Å². The molecular formula is C15H11F3N2OS. The quantitative estimate of drug-likeness (QED) is 0.586. The highest BCUT2D eigenvalue weighted by Gasteiger charge is 2.55. The van der Waals surface area contributed by atoms with Gasteiger partial charge in [-0.1, -0.05) is 18.2 Å². The van der Waals surface area contributed by atoms with Crippen molar-refractivity contribution in [2.45, 2.75) is 24.7 Å². The summed E-state index contributed by atoms with van der Waals surface area (Å²) in [6, 6.07) is 4.46. The summed E-state index contributed by atoms with van der Waals surface area (Å²) < 4.78 is 38.6. The van der Waals surface area contributed by atoms with Gasteiger partial charge in [-0.15, -0.1) is 0 Å². The molecule has 1 aliphatic carbocycles. The van der Waals surface area contributed by atoms with Crippen molar-refractivity contribution in [1.82, 2.24) is 4.90 Å². The number of halogens is 3. The van der Waals surface area contributed by atoms with E-state index in [0.29, 0.717) is 5.11 Å². The second kappa shape index (κ2) is 4.32. The topological polar surface area (TPSA) is 23.6 Å².